The molecule has 6 rings (SSSR count). The van der Waals surface area contributed by atoms with Crippen molar-refractivity contribution in [1.29, 1.82) is 0 Å². The highest BCUT2D eigenvalue weighted by molar-refractivity contribution is 5.94. The molecule has 1 aromatic heterocycles. The van der Waals surface area contributed by atoms with Crippen molar-refractivity contribution < 1.29 is 18.7 Å². The van der Waals surface area contributed by atoms with Gasteiger partial charge in [-0.25, -0.2) is 4.79 Å². The molecular weight excluding hydrogens is 342 g/mol. The Morgan fingerprint density at radius 1 is 1.11 bits per heavy atom. The minimum atomic E-state index is -0.835. The molecule has 0 unspecified atom stereocenters. The third-order valence-electron chi connectivity index (χ3n) is 6.71. The first-order chi connectivity index (χ1) is 13.0. The number of rotatable bonds is 4. The van der Waals surface area contributed by atoms with Gasteiger partial charge in [-0.05, 0) is 75.3 Å². The van der Waals surface area contributed by atoms with Crippen LogP contribution in [0.1, 0.15) is 56.0 Å². The van der Waals surface area contributed by atoms with Crippen LogP contribution < -0.4 is 5.32 Å². The van der Waals surface area contributed by atoms with E-state index in [0.29, 0.717) is 5.58 Å². The summed E-state index contributed by atoms with van der Waals surface area (Å²) in [5, 5.41) is 4.10. The molecule has 1 atom stereocenters. The van der Waals surface area contributed by atoms with Crippen LogP contribution >= 0.6 is 0 Å². The number of esters is 1. The molecule has 0 aliphatic heterocycles. The summed E-state index contributed by atoms with van der Waals surface area (Å²) in [6.45, 7) is 1.64. The maximum atomic E-state index is 12.7. The van der Waals surface area contributed by atoms with Crippen LogP contribution in [-0.2, 0) is 9.53 Å². The van der Waals surface area contributed by atoms with E-state index >= 15 is 0 Å². The van der Waals surface area contributed by atoms with Crippen LogP contribution in [0, 0.1) is 17.8 Å². The van der Waals surface area contributed by atoms with Gasteiger partial charge >= 0.3 is 5.97 Å². The average Bonchev–Trinajstić information content (AvgIpc) is 3.04. The molecule has 4 bridgehead atoms. The molecule has 1 heterocycles. The fourth-order valence-corrected chi connectivity index (χ4v) is 5.98. The molecule has 0 spiro atoms. The molecule has 27 heavy (non-hydrogen) atoms. The summed E-state index contributed by atoms with van der Waals surface area (Å²) in [4.78, 5) is 25.1. The lowest BCUT2D eigenvalue weighted by Gasteiger charge is -2.57. The first kappa shape index (κ1) is 16.8. The van der Waals surface area contributed by atoms with Gasteiger partial charge in [0.05, 0.1) is 0 Å². The Hall–Kier alpha value is -2.30. The van der Waals surface area contributed by atoms with E-state index in [2.05, 4.69) is 5.32 Å². The number of carbonyl (C=O) groups excluding carboxylic acids is 2. The van der Waals surface area contributed by atoms with Gasteiger partial charge in [0.2, 0.25) is 5.76 Å². The molecule has 4 aliphatic carbocycles. The summed E-state index contributed by atoms with van der Waals surface area (Å²) < 4.78 is 10.9. The predicted molar refractivity (Wildman–Crippen MR) is 100 cm³/mol. The Bertz CT molecular complexity index is 830. The minimum absolute atomic E-state index is 0.0775. The van der Waals surface area contributed by atoms with Crippen molar-refractivity contribution in [3.63, 3.8) is 0 Å². The first-order valence-corrected chi connectivity index (χ1v) is 10.0. The molecular formula is C22H25NO4. The Balaban J connectivity index is 1.25. The molecule has 0 radical (unpaired) electrons. The third-order valence-corrected chi connectivity index (χ3v) is 6.71. The van der Waals surface area contributed by atoms with E-state index in [1.165, 1.54) is 19.3 Å². The second-order valence-corrected chi connectivity index (χ2v) is 8.88. The van der Waals surface area contributed by atoms with E-state index in [1.54, 1.807) is 19.1 Å². The number of hydrogen-bond donors (Lipinski definition) is 1. The van der Waals surface area contributed by atoms with E-state index < -0.39 is 12.1 Å². The molecule has 1 N–H and O–H groups in total. The Kier molecular flexibility index (Phi) is 3.81. The lowest BCUT2D eigenvalue weighted by Crippen LogP contribution is -2.61. The second kappa shape index (κ2) is 6.11. The highest BCUT2D eigenvalue weighted by atomic mass is 16.6. The Labute approximate surface area is 158 Å². The van der Waals surface area contributed by atoms with Gasteiger partial charge in [-0.3, -0.25) is 4.79 Å². The van der Waals surface area contributed by atoms with Crippen LogP contribution in [0.25, 0.3) is 11.0 Å². The lowest BCUT2D eigenvalue weighted by atomic mass is 9.53. The van der Waals surface area contributed by atoms with Gasteiger partial charge in [0.25, 0.3) is 5.91 Å². The second-order valence-electron chi connectivity index (χ2n) is 8.88. The number of nitrogens with one attached hydrogen (secondary N) is 1. The van der Waals surface area contributed by atoms with Gasteiger partial charge in [0, 0.05) is 10.9 Å². The summed E-state index contributed by atoms with van der Waals surface area (Å²) in [6, 6.07) is 9.06. The number of amides is 1. The standard InChI is InChI=1S/C22H25NO4/c1-13(26-21(25)19-9-17-4-2-3-5-18(17)27-19)20(24)23-22-10-14-6-15(11-22)8-16(7-14)12-22/h2-5,9,13-16H,6-8,10-12H2,1H3,(H,23,24)/t13-,14?,15?,16?,22?/m1/s1. The number of benzene rings is 1. The number of furan rings is 1. The molecule has 2 aromatic rings. The number of fused-ring (bicyclic) bond motifs is 1. The molecule has 5 nitrogen and oxygen atoms in total. The number of carbonyl (C=O) groups is 2. The largest absolute Gasteiger partial charge is 0.449 e. The molecule has 0 saturated heterocycles. The Morgan fingerprint density at radius 2 is 1.74 bits per heavy atom. The fraction of sp³-hybridized carbons (Fsp3) is 0.545. The van der Waals surface area contributed by atoms with E-state index in [0.717, 1.165) is 42.4 Å². The van der Waals surface area contributed by atoms with Gasteiger partial charge in [-0.1, -0.05) is 18.2 Å². The summed E-state index contributed by atoms with van der Waals surface area (Å²) in [5.41, 5.74) is 0.557. The van der Waals surface area contributed by atoms with Crippen LogP contribution in [0.15, 0.2) is 34.7 Å². The van der Waals surface area contributed by atoms with Crippen molar-refractivity contribution >= 4 is 22.8 Å². The van der Waals surface area contributed by atoms with Crippen molar-refractivity contribution in [2.45, 2.75) is 57.1 Å². The fourth-order valence-electron chi connectivity index (χ4n) is 5.98. The topological polar surface area (TPSA) is 68.5 Å². The van der Waals surface area contributed by atoms with E-state index in [4.69, 9.17) is 9.15 Å². The minimum Gasteiger partial charge on any atom is -0.449 e. The van der Waals surface area contributed by atoms with Gasteiger partial charge in [-0.15, -0.1) is 0 Å². The smallest absolute Gasteiger partial charge is 0.375 e. The zero-order chi connectivity index (χ0) is 18.6. The summed E-state index contributed by atoms with van der Waals surface area (Å²) >= 11 is 0. The van der Waals surface area contributed by atoms with Crippen molar-refractivity contribution in [2.75, 3.05) is 0 Å². The molecule has 4 saturated carbocycles. The molecule has 1 aromatic carbocycles. The van der Waals surface area contributed by atoms with E-state index in [9.17, 15) is 9.59 Å². The quantitative estimate of drug-likeness (QED) is 0.828. The number of hydrogen-bond acceptors (Lipinski definition) is 4. The zero-order valence-corrected chi connectivity index (χ0v) is 15.6. The molecule has 1 amide bonds. The van der Waals surface area contributed by atoms with Crippen molar-refractivity contribution in [3.8, 4) is 0 Å². The van der Waals surface area contributed by atoms with Gasteiger partial charge in [0.1, 0.15) is 5.58 Å². The van der Waals surface area contributed by atoms with Crippen molar-refractivity contribution in [3.05, 3.63) is 36.1 Å². The van der Waals surface area contributed by atoms with Gasteiger partial charge in [-0.2, -0.15) is 0 Å². The van der Waals surface area contributed by atoms with E-state index in [1.807, 2.05) is 18.2 Å². The highest BCUT2D eigenvalue weighted by Gasteiger charge is 2.51. The van der Waals surface area contributed by atoms with E-state index in [-0.39, 0.29) is 17.2 Å². The van der Waals surface area contributed by atoms with Gasteiger partial charge < -0.3 is 14.5 Å². The summed E-state index contributed by atoms with van der Waals surface area (Å²) in [6.07, 6.45) is 6.38. The number of ether oxygens (including phenoxy) is 1. The van der Waals surface area contributed by atoms with Crippen LogP contribution in [0.5, 0.6) is 0 Å². The SMILES string of the molecule is C[C@@H](OC(=O)c1cc2ccccc2o1)C(=O)NC12CC3CC(CC(C3)C1)C2. The van der Waals surface area contributed by atoms with Crippen molar-refractivity contribution in [1.82, 2.24) is 5.32 Å². The molecule has 142 valence electrons. The summed E-state index contributed by atoms with van der Waals surface area (Å²) in [5.74, 6) is 1.60. The van der Waals surface area contributed by atoms with Crippen LogP contribution in [0.2, 0.25) is 0 Å². The van der Waals surface area contributed by atoms with Gasteiger partial charge in [0.15, 0.2) is 6.10 Å². The lowest BCUT2D eigenvalue weighted by molar-refractivity contribution is -0.134. The number of para-hydroxylation sites is 1. The normalized spacial score (nSPS) is 32.4. The zero-order valence-electron chi connectivity index (χ0n) is 15.6. The average molecular weight is 367 g/mol. The maximum absolute atomic E-state index is 12.7. The molecule has 5 heteroatoms. The predicted octanol–water partition coefficient (Wildman–Crippen LogP) is 4.06. The van der Waals surface area contributed by atoms with Crippen molar-refractivity contribution in [2.24, 2.45) is 17.8 Å². The Morgan fingerprint density at radius 3 is 2.37 bits per heavy atom. The highest BCUT2D eigenvalue weighted by Crippen LogP contribution is 2.55. The third kappa shape index (κ3) is 3.03. The molecule has 4 aliphatic rings. The summed E-state index contributed by atoms with van der Waals surface area (Å²) in [7, 11) is 0. The monoisotopic (exact) mass is 367 g/mol. The van der Waals surface area contributed by atoms with Crippen LogP contribution in [0.4, 0.5) is 0 Å². The van der Waals surface area contributed by atoms with Crippen LogP contribution in [0.3, 0.4) is 0 Å². The molecule has 4 fully saturated rings. The first-order valence-electron chi connectivity index (χ1n) is 10.0. The maximum Gasteiger partial charge on any atom is 0.375 e. The van der Waals surface area contributed by atoms with Crippen LogP contribution in [-0.4, -0.2) is 23.5 Å².